The van der Waals surface area contributed by atoms with Gasteiger partial charge in [-0.2, -0.15) is 0 Å². The average Bonchev–Trinajstić information content (AvgIpc) is 3.33. The Kier molecular flexibility index (Phi) is 9.51. The number of benzene rings is 2. The van der Waals surface area contributed by atoms with Gasteiger partial charge in [0.1, 0.15) is 17.7 Å². The zero-order valence-corrected chi connectivity index (χ0v) is 24.4. The molecule has 0 bridgehead atoms. The zero-order chi connectivity index (χ0) is 28.9. The number of nitrogens with zero attached hydrogens (tertiary/aromatic N) is 2. The first-order valence-electron chi connectivity index (χ1n) is 14.4. The van der Waals surface area contributed by atoms with E-state index in [2.05, 4.69) is 39.8 Å². The lowest BCUT2D eigenvalue weighted by molar-refractivity contribution is -0.140. The Labute approximate surface area is 238 Å². The summed E-state index contributed by atoms with van der Waals surface area (Å²) in [5, 5.41) is 5.70. The van der Waals surface area contributed by atoms with Crippen molar-refractivity contribution in [2.45, 2.75) is 77.7 Å². The van der Waals surface area contributed by atoms with Crippen molar-refractivity contribution in [3.63, 3.8) is 0 Å². The number of amides is 3. The van der Waals surface area contributed by atoms with Crippen LogP contribution in [0.1, 0.15) is 64.6 Å². The molecule has 40 heavy (non-hydrogen) atoms. The van der Waals surface area contributed by atoms with Gasteiger partial charge in [0.05, 0.1) is 0 Å². The fourth-order valence-corrected chi connectivity index (χ4v) is 5.76. The number of hydrogen-bond acceptors (Lipinski definition) is 5. The van der Waals surface area contributed by atoms with Gasteiger partial charge in [-0.05, 0) is 63.1 Å². The topological polar surface area (TPSA) is 91.0 Å². The summed E-state index contributed by atoms with van der Waals surface area (Å²) in [4.78, 5) is 44.7. The van der Waals surface area contributed by atoms with Crippen LogP contribution in [0.15, 0.2) is 60.7 Å². The number of alkyl carbamates (subject to hydrolysis) is 1. The number of piperidine rings is 1. The van der Waals surface area contributed by atoms with Crippen LogP contribution in [0, 0.1) is 11.8 Å². The number of nitrogens with one attached hydrogen (secondary N) is 2. The summed E-state index contributed by atoms with van der Waals surface area (Å²) in [6.45, 7) is 12.6. The third kappa shape index (κ3) is 7.62. The molecule has 8 nitrogen and oxygen atoms in total. The van der Waals surface area contributed by atoms with Crippen LogP contribution in [0.3, 0.4) is 0 Å². The van der Waals surface area contributed by atoms with Crippen LogP contribution in [-0.4, -0.2) is 65.0 Å². The van der Waals surface area contributed by atoms with Gasteiger partial charge in [0.2, 0.25) is 11.8 Å². The van der Waals surface area contributed by atoms with Crippen LogP contribution in [-0.2, 0) is 20.9 Å². The minimum atomic E-state index is -0.993. The number of ether oxygens (including phenoxy) is 1. The van der Waals surface area contributed by atoms with E-state index in [4.69, 9.17) is 4.74 Å². The maximum absolute atomic E-state index is 14.0. The van der Waals surface area contributed by atoms with E-state index in [1.807, 2.05) is 43.0 Å². The maximum atomic E-state index is 14.0. The van der Waals surface area contributed by atoms with Crippen LogP contribution in [0.25, 0.3) is 0 Å². The molecule has 0 aromatic heterocycles. The van der Waals surface area contributed by atoms with Gasteiger partial charge >= 0.3 is 6.09 Å². The van der Waals surface area contributed by atoms with Crippen LogP contribution < -0.4 is 10.6 Å². The minimum Gasteiger partial charge on any atom is -0.444 e. The zero-order valence-electron chi connectivity index (χ0n) is 24.4. The number of hydrogen-bond donors (Lipinski definition) is 2. The predicted molar refractivity (Wildman–Crippen MR) is 155 cm³/mol. The minimum absolute atomic E-state index is 0.0542. The molecule has 216 valence electrons. The lowest BCUT2D eigenvalue weighted by atomic mass is 9.91. The largest absolute Gasteiger partial charge is 0.444 e. The molecule has 0 saturated carbocycles. The SMILES string of the molecule is CC(C)[C@H](NC(=O)[C@@H](NC(=O)OC(C)(C)C)c1ccccc1)C(=O)N1CCC2CCN(Cc3ccccc3)CC21. The third-order valence-electron chi connectivity index (χ3n) is 7.77. The molecule has 2 N–H and O–H groups in total. The summed E-state index contributed by atoms with van der Waals surface area (Å²) in [5.74, 6) is -0.140. The highest BCUT2D eigenvalue weighted by Gasteiger charge is 2.43. The van der Waals surface area contributed by atoms with Crippen molar-refractivity contribution >= 4 is 17.9 Å². The van der Waals surface area contributed by atoms with E-state index in [1.54, 1.807) is 32.9 Å². The Bertz CT molecular complexity index is 1150. The van der Waals surface area contributed by atoms with E-state index in [-0.39, 0.29) is 17.9 Å². The van der Waals surface area contributed by atoms with Crippen LogP contribution >= 0.6 is 0 Å². The first-order valence-corrected chi connectivity index (χ1v) is 14.4. The van der Waals surface area contributed by atoms with Crippen LogP contribution in [0.4, 0.5) is 4.79 Å². The Morgan fingerprint density at radius 3 is 2.17 bits per heavy atom. The summed E-state index contributed by atoms with van der Waals surface area (Å²) < 4.78 is 5.42. The highest BCUT2D eigenvalue weighted by Crippen LogP contribution is 2.33. The van der Waals surface area contributed by atoms with E-state index in [9.17, 15) is 14.4 Å². The molecule has 2 fully saturated rings. The van der Waals surface area contributed by atoms with Crippen molar-refractivity contribution < 1.29 is 19.1 Å². The molecule has 2 saturated heterocycles. The quantitative estimate of drug-likeness (QED) is 0.506. The van der Waals surface area contributed by atoms with Gasteiger partial charge in [-0.25, -0.2) is 4.79 Å². The monoisotopic (exact) mass is 548 g/mol. The smallest absolute Gasteiger partial charge is 0.408 e. The second-order valence-corrected chi connectivity index (χ2v) is 12.4. The Morgan fingerprint density at radius 2 is 1.55 bits per heavy atom. The molecule has 2 aromatic carbocycles. The fraction of sp³-hybridized carbons (Fsp3) is 0.531. The molecule has 2 aliphatic heterocycles. The Balaban J connectivity index is 1.47. The first kappa shape index (κ1) is 29.6. The normalized spacial score (nSPS) is 20.9. The second kappa shape index (κ2) is 12.9. The lowest BCUT2D eigenvalue weighted by Gasteiger charge is -2.40. The molecule has 8 heteroatoms. The van der Waals surface area contributed by atoms with E-state index in [0.717, 1.165) is 32.5 Å². The van der Waals surface area contributed by atoms with Crippen molar-refractivity contribution in [2.24, 2.45) is 11.8 Å². The molecule has 2 heterocycles. The summed E-state index contributed by atoms with van der Waals surface area (Å²) in [5.41, 5.74) is 1.18. The Morgan fingerprint density at radius 1 is 0.925 bits per heavy atom. The summed E-state index contributed by atoms with van der Waals surface area (Å²) in [6.07, 6.45) is 1.36. The lowest BCUT2D eigenvalue weighted by Crippen LogP contribution is -2.57. The van der Waals surface area contributed by atoms with Gasteiger partial charge in [0.15, 0.2) is 0 Å². The number of likely N-dealkylation sites (tertiary alicyclic amines) is 2. The second-order valence-electron chi connectivity index (χ2n) is 12.4. The standard InChI is InChI=1S/C32H44N4O4/c1-22(2)27(33-29(37)28(25-14-10-7-11-15-25)34-31(39)40-32(3,4)5)30(38)36-19-17-24-16-18-35(21-26(24)36)20-23-12-8-6-9-13-23/h6-15,22,24,26-28H,16-21H2,1-5H3,(H,33,37)(H,34,39)/t24?,26?,27-,28-/m0/s1. The van der Waals surface area contributed by atoms with Crippen molar-refractivity contribution in [1.82, 2.24) is 20.4 Å². The van der Waals surface area contributed by atoms with E-state index >= 15 is 0 Å². The fourth-order valence-electron chi connectivity index (χ4n) is 5.76. The van der Waals surface area contributed by atoms with Gasteiger partial charge in [0.25, 0.3) is 0 Å². The average molecular weight is 549 g/mol. The molecular formula is C32H44N4O4. The van der Waals surface area contributed by atoms with Gasteiger partial charge in [0, 0.05) is 25.7 Å². The number of rotatable bonds is 8. The molecule has 2 unspecified atom stereocenters. The maximum Gasteiger partial charge on any atom is 0.408 e. The van der Waals surface area contributed by atoms with Crippen LogP contribution in [0.2, 0.25) is 0 Å². The van der Waals surface area contributed by atoms with Gasteiger partial charge < -0.3 is 20.3 Å². The summed E-state index contributed by atoms with van der Waals surface area (Å²) >= 11 is 0. The molecule has 3 amide bonds. The van der Waals surface area contributed by atoms with Crippen LogP contribution in [0.5, 0.6) is 0 Å². The first-order chi connectivity index (χ1) is 19.0. The molecule has 0 aliphatic carbocycles. The predicted octanol–water partition coefficient (Wildman–Crippen LogP) is 4.52. The highest BCUT2D eigenvalue weighted by atomic mass is 16.6. The van der Waals surface area contributed by atoms with Crippen molar-refractivity contribution in [3.05, 3.63) is 71.8 Å². The van der Waals surface area contributed by atoms with Crippen molar-refractivity contribution in [2.75, 3.05) is 19.6 Å². The Hall–Kier alpha value is -3.39. The molecule has 0 spiro atoms. The summed E-state index contributed by atoms with van der Waals surface area (Å²) in [7, 11) is 0. The molecule has 4 rings (SSSR count). The number of carbonyl (C=O) groups excluding carboxylic acids is 3. The van der Waals surface area contributed by atoms with Gasteiger partial charge in [-0.1, -0.05) is 74.5 Å². The van der Waals surface area contributed by atoms with Crippen molar-refractivity contribution in [1.29, 1.82) is 0 Å². The third-order valence-corrected chi connectivity index (χ3v) is 7.77. The number of fused-ring (bicyclic) bond motifs is 1. The number of carbonyl (C=O) groups is 3. The molecule has 0 radical (unpaired) electrons. The van der Waals surface area contributed by atoms with E-state index in [0.29, 0.717) is 18.0 Å². The highest BCUT2D eigenvalue weighted by molar-refractivity contribution is 5.92. The van der Waals surface area contributed by atoms with E-state index < -0.39 is 29.7 Å². The molecule has 4 atom stereocenters. The molecular weight excluding hydrogens is 504 g/mol. The van der Waals surface area contributed by atoms with Crippen molar-refractivity contribution in [3.8, 4) is 0 Å². The summed E-state index contributed by atoms with van der Waals surface area (Å²) in [6, 6.07) is 17.9. The van der Waals surface area contributed by atoms with Gasteiger partial charge in [-0.15, -0.1) is 0 Å². The van der Waals surface area contributed by atoms with Gasteiger partial charge in [-0.3, -0.25) is 14.5 Å². The molecule has 2 aromatic rings. The molecule has 2 aliphatic rings. The van der Waals surface area contributed by atoms with E-state index in [1.165, 1.54) is 5.56 Å².